The quantitative estimate of drug-likeness (QED) is 0.410. The smallest absolute Gasteiger partial charge is 0.191 e. The van der Waals surface area contributed by atoms with E-state index in [-0.39, 0.29) is 6.10 Å². The lowest BCUT2D eigenvalue weighted by atomic mass is 10.1. The maximum Gasteiger partial charge on any atom is 0.191 e. The van der Waals surface area contributed by atoms with Gasteiger partial charge in [-0.15, -0.1) is 0 Å². The zero-order valence-electron chi connectivity index (χ0n) is 15.8. The summed E-state index contributed by atoms with van der Waals surface area (Å²) in [6, 6.07) is 10.4. The number of hydrogen-bond donors (Lipinski definition) is 2. The third-order valence-corrected chi connectivity index (χ3v) is 4.64. The number of rotatable bonds is 9. The fraction of sp³-hybridized carbons (Fsp3) is 0.650. The first-order chi connectivity index (χ1) is 12.3. The van der Waals surface area contributed by atoms with Crippen LogP contribution in [0.2, 0.25) is 0 Å². The summed E-state index contributed by atoms with van der Waals surface area (Å²) in [4.78, 5) is 6.82. The van der Waals surface area contributed by atoms with Crippen LogP contribution in [0.3, 0.4) is 0 Å². The second kappa shape index (κ2) is 11.9. The molecular weight excluding hydrogens is 312 g/mol. The highest BCUT2D eigenvalue weighted by Gasteiger charge is 2.09. The zero-order chi connectivity index (χ0) is 17.7. The Kier molecular flexibility index (Phi) is 9.37. The highest BCUT2D eigenvalue weighted by atomic mass is 16.5. The third kappa shape index (κ3) is 7.88. The van der Waals surface area contributed by atoms with Crippen LogP contribution < -0.4 is 10.6 Å². The summed E-state index contributed by atoms with van der Waals surface area (Å²) < 4.78 is 5.90. The van der Waals surface area contributed by atoms with Crippen molar-refractivity contribution in [2.45, 2.75) is 38.7 Å². The van der Waals surface area contributed by atoms with Crippen LogP contribution in [0.15, 0.2) is 35.3 Å². The fourth-order valence-corrected chi connectivity index (χ4v) is 3.10. The lowest BCUT2D eigenvalue weighted by Gasteiger charge is -2.26. The maximum absolute atomic E-state index is 5.90. The molecular formula is C20H34N4O. The Morgan fingerprint density at radius 3 is 2.56 bits per heavy atom. The molecule has 25 heavy (non-hydrogen) atoms. The lowest BCUT2D eigenvalue weighted by molar-refractivity contribution is 0.0646. The van der Waals surface area contributed by atoms with Gasteiger partial charge in [0.15, 0.2) is 5.96 Å². The number of likely N-dealkylation sites (tertiary alicyclic amines) is 1. The number of ether oxygens (including phenoxy) is 1. The Morgan fingerprint density at radius 1 is 1.12 bits per heavy atom. The number of piperidine rings is 1. The van der Waals surface area contributed by atoms with E-state index in [1.54, 1.807) is 0 Å². The largest absolute Gasteiger partial charge is 0.374 e. The Morgan fingerprint density at radius 2 is 1.84 bits per heavy atom. The van der Waals surface area contributed by atoms with Gasteiger partial charge in [-0.05, 0) is 44.8 Å². The van der Waals surface area contributed by atoms with Gasteiger partial charge in [-0.2, -0.15) is 0 Å². The Labute approximate surface area is 152 Å². The van der Waals surface area contributed by atoms with E-state index >= 15 is 0 Å². The van der Waals surface area contributed by atoms with Gasteiger partial charge in [0.05, 0.1) is 6.10 Å². The number of aliphatic imine (C=N–C) groups is 1. The van der Waals surface area contributed by atoms with Crippen LogP contribution in [0.1, 0.15) is 44.3 Å². The molecule has 1 atom stereocenters. The predicted molar refractivity (Wildman–Crippen MR) is 105 cm³/mol. The molecule has 0 spiro atoms. The van der Waals surface area contributed by atoms with Crippen LogP contribution in [0.25, 0.3) is 0 Å². The third-order valence-electron chi connectivity index (χ3n) is 4.64. The molecule has 140 valence electrons. The minimum Gasteiger partial charge on any atom is -0.374 e. The topological polar surface area (TPSA) is 48.9 Å². The molecule has 1 aromatic rings. The van der Waals surface area contributed by atoms with E-state index in [1.807, 2.05) is 13.1 Å². The summed E-state index contributed by atoms with van der Waals surface area (Å²) in [5, 5.41) is 6.76. The van der Waals surface area contributed by atoms with Crippen LogP contribution in [0.5, 0.6) is 0 Å². The van der Waals surface area contributed by atoms with Gasteiger partial charge in [-0.3, -0.25) is 4.99 Å². The Bertz CT molecular complexity index is 486. The molecule has 1 fully saturated rings. The standard InChI is InChI=1S/C20H34N4O/c1-18(19-10-5-3-6-11-19)25-17-9-12-22-20(21-2)23-13-16-24-14-7-4-8-15-24/h3,5-6,10-11,18H,4,7-9,12-17H2,1-2H3,(H2,21,22,23). The van der Waals surface area contributed by atoms with Gasteiger partial charge in [-0.1, -0.05) is 36.8 Å². The number of nitrogens with zero attached hydrogens (tertiary/aromatic N) is 2. The summed E-state index contributed by atoms with van der Waals surface area (Å²) in [6.45, 7) is 8.23. The molecule has 1 heterocycles. The minimum absolute atomic E-state index is 0.142. The summed E-state index contributed by atoms with van der Waals surface area (Å²) in [5.41, 5.74) is 1.23. The molecule has 1 saturated heterocycles. The Balaban J connectivity index is 1.52. The summed E-state index contributed by atoms with van der Waals surface area (Å²) in [7, 11) is 1.82. The number of nitrogens with one attached hydrogen (secondary N) is 2. The number of benzene rings is 1. The predicted octanol–water partition coefficient (Wildman–Crippen LogP) is 2.81. The van der Waals surface area contributed by atoms with E-state index in [9.17, 15) is 0 Å². The minimum atomic E-state index is 0.142. The second-order valence-electron chi connectivity index (χ2n) is 6.61. The number of guanidine groups is 1. The highest BCUT2D eigenvalue weighted by molar-refractivity contribution is 5.79. The molecule has 0 aliphatic carbocycles. The molecule has 2 rings (SSSR count). The molecule has 0 bridgehead atoms. The first kappa shape index (κ1) is 19.7. The molecule has 2 N–H and O–H groups in total. The number of hydrogen-bond acceptors (Lipinski definition) is 3. The lowest BCUT2D eigenvalue weighted by Crippen LogP contribution is -2.43. The zero-order valence-corrected chi connectivity index (χ0v) is 15.8. The van der Waals surface area contributed by atoms with E-state index in [0.717, 1.165) is 38.6 Å². The van der Waals surface area contributed by atoms with E-state index in [2.05, 4.69) is 51.7 Å². The second-order valence-corrected chi connectivity index (χ2v) is 6.61. The van der Waals surface area contributed by atoms with Crippen molar-refractivity contribution in [1.82, 2.24) is 15.5 Å². The summed E-state index contributed by atoms with van der Waals surface area (Å²) in [6.07, 6.45) is 5.17. The molecule has 0 saturated carbocycles. The van der Waals surface area contributed by atoms with Crippen molar-refractivity contribution in [3.05, 3.63) is 35.9 Å². The van der Waals surface area contributed by atoms with Crippen molar-refractivity contribution >= 4 is 5.96 Å². The molecule has 1 aliphatic rings. The average Bonchev–Trinajstić information content (AvgIpc) is 2.67. The molecule has 1 aromatic carbocycles. The van der Waals surface area contributed by atoms with Crippen molar-refractivity contribution in [2.24, 2.45) is 4.99 Å². The van der Waals surface area contributed by atoms with Crippen molar-refractivity contribution in [3.63, 3.8) is 0 Å². The molecule has 1 unspecified atom stereocenters. The van der Waals surface area contributed by atoms with Gasteiger partial charge in [0.25, 0.3) is 0 Å². The monoisotopic (exact) mass is 346 g/mol. The van der Waals surface area contributed by atoms with Gasteiger partial charge in [-0.25, -0.2) is 0 Å². The van der Waals surface area contributed by atoms with Gasteiger partial charge in [0, 0.05) is 33.3 Å². The average molecular weight is 347 g/mol. The van der Waals surface area contributed by atoms with Gasteiger partial charge < -0.3 is 20.3 Å². The molecule has 1 aliphatic heterocycles. The molecule has 0 amide bonds. The van der Waals surface area contributed by atoms with Crippen LogP contribution in [-0.4, -0.2) is 57.2 Å². The van der Waals surface area contributed by atoms with Crippen LogP contribution in [0, 0.1) is 0 Å². The SMILES string of the molecule is CN=C(NCCCOC(C)c1ccccc1)NCCN1CCCCC1. The highest BCUT2D eigenvalue weighted by Crippen LogP contribution is 2.15. The van der Waals surface area contributed by atoms with Crippen LogP contribution >= 0.6 is 0 Å². The Hall–Kier alpha value is -1.59. The van der Waals surface area contributed by atoms with Crippen molar-refractivity contribution in [1.29, 1.82) is 0 Å². The molecule has 5 nitrogen and oxygen atoms in total. The summed E-state index contributed by atoms with van der Waals surface area (Å²) in [5.74, 6) is 0.883. The fourth-order valence-electron chi connectivity index (χ4n) is 3.10. The van der Waals surface area contributed by atoms with Crippen molar-refractivity contribution in [2.75, 3.05) is 46.4 Å². The van der Waals surface area contributed by atoms with Crippen molar-refractivity contribution < 1.29 is 4.74 Å². The summed E-state index contributed by atoms with van der Waals surface area (Å²) >= 11 is 0. The maximum atomic E-state index is 5.90. The van der Waals surface area contributed by atoms with E-state index in [1.165, 1.54) is 37.9 Å². The molecule has 0 radical (unpaired) electrons. The van der Waals surface area contributed by atoms with Crippen LogP contribution in [0.4, 0.5) is 0 Å². The molecule has 0 aromatic heterocycles. The van der Waals surface area contributed by atoms with Crippen LogP contribution in [-0.2, 0) is 4.74 Å². The van der Waals surface area contributed by atoms with Gasteiger partial charge in [0.2, 0.25) is 0 Å². The van der Waals surface area contributed by atoms with E-state index in [4.69, 9.17) is 4.74 Å². The van der Waals surface area contributed by atoms with Crippen molar-refractivity contribution in [3.8, 4) is 0 Å². The van der Waals surface area contributed by atoms with E-state index in [0.29, 0.717) is 0 Å². The van der Waals surface area contributed by atoms with Gasteiger partial charge in [0.1, 0.15) is 0 Å². The van der Waals surface area contributed by atoms with Gasteiger partial charge >= 0.3 is 0 Å². The van der Waals surface area contributed by atoms with E-state index < -0.39 is 0 Å². The first-order valence-corrected chi connectivity index (χ1v) is 9.63. The normalized spacial score (nSPS) is 17.3. The first-order valence-electron chi connectivity index (χ1n) is 9.63. The molecule has 5 heteroatoms.